The predicted octanol–water partition coefficient (Wildman–Crippen LogP) is 0.300. The molecular formula is C8H16N2. The van der Waals surface area contributed by atoms with Crippen molar-refractivity contribution in [1.29, 1.82) is 0 Å². The molecule has 2 atom stereocenters. The van der Waals surface area contributed by atoms with E-state index in [1.54, 1.807) is 0 Å². The Morgan fingerprint density at radius 1 is 1.50 bits per heavy atom. The zero-order chi connectivity index (χ0) is 7.19. The molecule has 1 aliphatic carbocycles. The summed E-state index contributed by atoms with van der Waals surface area (Å²) < 4.78 is 0. The Bertz CT molecular complexity index is 144. The fraction of sp³-hybridized carbons (Fsp3) is 1.00. The molecule has 2 fully saturated rings. The van der Waals surface area contributed by atoms with Crippen molar-refractivity contribution in [3.8, 4) is 0 Å². The van der Waals surface area contributed by atoms with E-state index in [0.717, 1.165) is 5.92 Å². The second kappa shape index (κ2) is 1.95. The quantitative estimate of drug-likeness (QED) is 0.563. The van der Waals surface area contributed by atoms with Crippen LogP contribution >= 0.6 is 0 Å². The van der Waals surface area contributed by atoms with Gasteiger partial charge in [-0.25, -0.2) is 0 Å². The molecule has 0 spiro atoms. The van der Waals surface area contributed by atoms with Crippen LogP contribution < -0.4 is 5.32 Å². The van der Waals surface area contributed by atoms with Gasteiger partial charge in [-0.2, -0.15) is 0 Å². The molecule has 1 heterocycles. The minimum absolute atomic E-state index is 0.556. The smallest absolute Gasteiger partial charge is 0.0368 e. The van der Waals surface area contributed by atoms with Crippen LogP contribution in [0.3, 0.4) is 0 Å². The Hall–Kier alpha value is -0.0800. The summed E-state index contributed by atoms with van der Waals surface area (Å²) in [5.74, 6) is 0.947. The molecule has 2 heteroatoms. The van der Waals surface area contributed by atoms with E-state index in [1.165, 1.54) is 25.9 Å². The van der Waals surface area contributed by atoms with Crippen molar-refractivity contribution in [2.45, 2.75) is 18.4 Å². The van der Waals surface area contributed by atoms with E-state index in [0.29, 0.717) is 5.54 Å². The standard InChI is InChI=1S/C8H16N2/c1-10(2)8-4-3-7(8)5-9-6-8/h7,9H,3-6H2,1-2H3. The number of nitrogens with zero attached hydrogens (tertiary/aromatic N) is 1. The zero-order valence-electron chi connectivity index (χ0n) is 6.85. The minimum atomic E-state index is 0.556. The number of hydrogen-bond donors (Lipinski definition) is 1. The summed E-state index contributed by atoms with van der Waals surface area (Å²) in [7, 11) is 4.42. The fourth-order valence-electron chi connectivity index (χ4n) is 2.42. The van der Waals surface area contributed by atoms with E-state index in [4.69, 9.17) is 0 Å². The maximum Gasteiger partial charge on any atom is 0.0368 e. The van der Waals surface area contributed by atoms with E-state index in [1.807, 2.05) is 0 Å². The summed E-state index contributed by atoms with van der Waals surface area (Å²) in [4.78, 5) is 2.40. The average molecular weight is 140 g/mol. The molecular weight excluding hydrogens is 124 g/mol. The van der Waals surface area contributed by atoms with Crippen molar-refractivity contribution < 1.29 is 0 Å². The number of rotatable bonds is 1. The van der Waals surface area contributed by atoms with Crippen LogP contribution in [0.25, 0.3) is 0 Å². The van der Waals surface area contributed by atoms with Gasteiger partial charge in [0.1, 0.15) is 0 Å². The normalized spacial score (nSPS) is 45.3. The molecule has 1 saturated carbocycles. The summed E-state index contributed by atoms with van der Waals surface area (Å²) in [6.07, 6.45) is 2.84. The van der Waals surface area contributed by atoms with Crippen LogP contribution in [0.15, 0.2) is 0 Å². The van der Waals surface area contributed by atoms with Crippen molar-refractivity contribution in [3.05, 3.63) is 0 Å². The first-order valence-corrected chi connectivity index (χ1v) is 4.14. The zero-order valence-corrected chi connectivity index (χ0v) is 6.85. The molecule has 1 saturated heterocycles. The number of likely N-dealkylation sites (N-methyl/N-ethyl adjacent to an activating group) is 1. The molecule has 2 rings (SSSR count). The first kappa shape index (κ1) is 6.62. The summed E-state index contributed by atoms with van der Waals surface area (Å²) in [5, 5.41) is 3.46. The molecule has 1 N–H and O–H groups in total. The van der Waals surface area contributed by atoms with Gasteiger partial charge in [0, 0.05) is 12.1 Å². The molecule has 0 radical (unpaired) electrons. The summed E-state index contributed by atoms with van der Waals surface area (Å²) in [6, 6.07) is 0. The Morgan fingerprint density at radius 2 is 2.30 bits per heavy atom. The van der Waals surface area contributed by atoms with Gasteiger partial charge in [0.05, 0.1) is 0 Å². The van der Waals surface area contributed by atoms with Gasteiger partial charge >= 0.3 is 0 Å². The second-order valence-corrected chi connectivity index (χ2v) is 3.86. The van der Waals surface area contributed by atoms with Crippen molar-refractivity contribution >= 4 is 0 Å². The monoisotopic (exact) mass is 140 g/mol. The third-order valence-electron chi connectivity index (χ3n) is 3.40. The van der Waals surface area contributed by atoms with Crippen LogP contribution in [-0.4, -0.2) is 37.6 Å². The van der Waals surface area contributed by atoms with E-state index in [9.17, 15) is 0 Å². The maximum atomic E-state index is 3.46. The SMILES string of the molecule is CN(C)C12CCC1CNC2. The Labute approximate surface area is 62.6 Å². The van der Waals surface area contributed by atoms with Crippen LogP contribution in [0, 0.1) is 5.92 Å². The van der Waals surface area contributed by atoms with Gasteiger partial charge in [0.15, 0.2) is 0 Å². The molecule has 0 aromatic rings. The first-order valence-electron chi connectivity index (χ1n) is 4.14. The van der Waals surface area contributed by atoms with Gasteiger partial charge in [-0.3, -0.25) is 0 Å². The molecule has 2 aliphatic rings. The average Bonchev–Trinajstić information content (AvgIpc) is 2.09. The van der Waals surface area contributed by atoms with E-state index < -0.39 is 0 Å². The van der Waals surface area contributed by atoms with E-state index in [-0.39, 0.29) is 0 Å². The van der Waals surface area contributed by atoms with Gasteiger partial charge in [-0.1, -0.05) is 0 Å². The summed E-state index contributed by atoms with van der Waals surface area (Å²) >= 11 is 0. The van der Waals surface area contributed by atoms with Crippen LogP contribution in [-0.2, 0) is 0 Å². The van der Waals surface area contributed by atoms with E-state index >= 15 is 0 Å². The molecule has 0 bridgehead atoms. The molecule has 2 unspecified atom stereocenters. The molecule has 0 aromatic carbocycles. The minimum Gasteiger partial charge on any atom is -0.315 e. The Kier molecular flexibility index (Phi) is 1.29. The third-order valence-corrected chi connectivity index (χ3v) is 3.40. The Balaban J connectivity index is 2.14. The lowest BCUT2D eigenvalue weighted by Gasteiger charge is -2.49. The molecule has 0 aromatic heterocycles. The van der Waals surface area contributed by atoms with Crippen LogP contribution in [0.2, 0.25) is 0 Å². The van der Waals surface area contributed by atoms with Gasteiger partial charge in [0.2, 0.25) is 0 Å². The van der Waals surface area contributed by atoms with Crippen molar-refractivity contribution in [3.63, 3.8) is 0 Å². The topological polar surface area (TPSA) is 15.3 Å². The van der Waals surface area contributed by atoms with Crippen LogP contribution in [0.5, 0.6) is 0 Å². The van der Waals surface area contributed by atoms with Crippen LogP contribution in [0.4, 0.5) is 0 Å². The van der Waals surface area contributed by atoms with Gasteiger partial charge < -0.3 is 10.2 Å². The molecule has 10 heavy (non-hydrogen) atoms. The predicted molar refractivity (Wildman–Crippen MR) is 42.0 cm³/mol. The van der Waals surface area contributed by atoms with Crippen molar-refractivity contribution in [2.24, 2.45) is 5.92 Å². The van der Waals surface area contributed by atoms with Gasteiger partial charge in [0.25, 0.3) is 0 Å². The highest BCUT2D eigenvalue weighted by Crippen LogP contribution is 2.44. The van der Waals surface area contributed by atoms with Gasteiger partial charge in [-0.05, 0) is 39.4 Å². The lowest BCUT2D eigenvalue weighted by atomic mass is 9.68. The molecule has 0 amide bonds. The summed E-state index contributed by atoms with van der Waals surface area (Å²) in [5.41, 5.74) is 0.556. The number of nitrogens with one attached hydrogen (secondary N) is 1. The van der Waals surface area contributed by atoms with Gasteiger partial charge in [-0.15, -0.1) is 0 Å². The third kappa shape index (κ3) is 0.611. The molecule has 2 nitrogen and oxygen atoms in total. The largest absolute Gasteiger partial charge is 0.315 e. The highest BCUT2D eigenvalue weighted by Gasteiger charge is 2.51. The molecule has 58 valence electrons. The lowest BCUT2D eigenvalue weighted by Crippen LogP contribution is -2.57. The highest BCUT2D eigenvalue weighted by molar-refractivity contribution is 5.09. The van der Waals surface area contributed by atoms with Crippen molar-refractivity contribution in [2.75, 3.05) is 27.2 Å². The van der Waals surface area contributed by atoms with Crippen LogP contribution in [0.1, 0.15) is 12.8 Å². The fourth-order valence-corrected chi connectivity index (χ4v) is 2.42. The van der Waals surface area contributed by atoms with Crippen molar-refractivity contribution in [1.82, 2.24) is 10.2 Å². The highest BCUT2D eigenvalue weighted by atomic mass is 15.2. The maximum absolute atomic E-state index is 3.46. The number of hydrogen-bond acceptors (Lipinski definition) is 2. The summed E-state index contributed by atoms with van der Waals surface area (Å²) in [6.45, 7) is 2.46. The molecule has 1 aliphatic heterocycles. The lowest BCUT2D eigenvalue weighted by molar-refractivity contribution is 0.0296. The van der Waals surface area contributed by atoms with E-state index in [2.05, 4.69) is 24.3 Å². The first-order chi connectivity index (χ1) is 4.76. The second-order valence-electron chi connectivity index (χ2n) is 3.86. The Morgan fingerprint density at radius 3 is 2.60 bits per heavy atom. The number of fused-ring (bicyclic) bond motifs is 1.